The molecule has 3 rings (SSSR count). The number of pyridine rings is 1. The number of benzene rings is 2. The molecule has 0 fully saturated rings. The smallest absolute Gasteiger partial charge is 0.196 e. The Balaban J connectivity index is 2.10. The third kappa shape index (κ3) is 2.05. The van der Waals surface area contributed by atoms with E-state index in [2.05, 4.69) is 4.98 Å². The Labute approximate surface area is 113 Å². The van der Waals surface area contributed by atoms with Gasteiger partial charge < -0.3 is 0 Å². The molecule has 2 aromatic carbocycles. The van der Waals surface area contributed by atoms with Gasteiger partial charge in [-0.3, -0.25) is 9.78 Å². The molecule has 0 spiro atoms. The van der Waals surface area contributed by atoms with Crippen LogP contribution in [0.2, 0.25) is 0 Å². The van der Waals surface area contributed by atoms with E-state index >= 15 is 0 Å². The van der Waals surface area contributed by atoms with Crippen molar-refractivity contribution in [2.75, 3.05) is 0 Å². The van der Waals surface area contributed by atoms with E-state index in [1.165, 1.54) is 12.1 Å². The van der Waals surface area contributed by atoms with Gasteiger partial charge in [-0.1, -0.05) is 24.3 Å². The Morgan fingerprint density at radius 2 is 1.85 bits per heavy atom. The van der Waals surface area contributed by atoms with Gasteiger partial charge in [0, 0.05) is 17.1 Å². The molecule has 3 aromatic rings. The number of fused-ring (bicyclic) bond motifs is 1. The topological polar surface area (TPSA) is 30.0 Å². The van der Waals surface area contributed by atoms with Gasteiger partial charge in [0.05, 0.1) is 11.1 Å². The van der Waals surface area contributed by atoms with Crippen LogP contribution < -0.4 is 0 Å². The fourth-order valence-electron chi connectivity index (χ4n) is 2.04. The largest absolute Gasteiger partial charge is 0.288 e. The summed E-state index contributed by atoms with van der Waals surface area (Å²) < 4.78 is 26.8. The van der Waals surface area contributed by atoms with Gasteiger partial charge in [0.2, 0.25) is 0 Å². The molecule has 4 heteroatoms. The van der Waals surface area contributed by atoms with Crippen molar-refractivity contribution in [2.45, 2.75) is 0 Å². The second-order valence-electron chi connectivity index (χ2n) is 4.34. The average molecular weight is 269 g/mol. The SMILES string of the molecule is O=C(c1ccc2cccnc2c1)c1cccc(F)c1F. The molecule has 0 aliphatic carbocycles. The number of hydrogen-bond donors (Lipinski definition) is 0. The molecule has 0 radical (unpaired) electrons. The van der Waals surface area contributed by atoms with Crippen molar-refractivity contribution < 1.29 is 13.6 Å². The van der Waals surface area contributed by atoms with E-state index in [1.807, 2.05) is 6.07 Å². The zero-order valence-electron chi connectivity index (χ0n) is 10.3. The number of halogens is 2. The third-order valence-electron chi connectivity index (χ3n) is 3.06. The molecular formula is C16H9F2NO. The van der Waals surface area contributed by atoms with Crippen molar-refractivity contribution in [1.82, 2.24) is 4.98 Å². The first-order valence-electron chi connectivity index (χ1n) is 6.00. The van der Waals surface area contributed by atoms with Crippen LogP contribution in [0.25, 0.3) is 10.9 Å². The van der Waals surface area contributed by atoms with Crippen molar-refractivity contribution in [1.29, 1.82) is 0 Å². The molecule has 0 atom stereocenters. The molecule has 0 amide bonds. The Hall–Kier alpha value is -2.62. The summed E-state index contributed by atoms with van der Waals surface area (Å²) in [5.41, 5.74) is 0.635. The lowest BCUT2D eigenvalue weighted by molar-refractivity contribution is 0.103. The predicted octanol–water partition coefficient (Wildman–Crippen LogP) is 3.74. The van der Waals surface area contributed by atoms with Gasteiger partial charge in [0.15, 0.2) is 17.4 Å². The van der Waals surface area contributed by atoms with E-state index in [1.54, 1.807) is 30.5 Å². The Bertz CT molecular complexity index is 814. The highest BCUT2D eigenvalue weighted by atomic mass is 19.2. The van der Waals surface area contributed by atoms with Crippen LogP contribution in [0, 0.1) is 11.6 Å². The van der Waals surface area contributed by atoms with E-state index in [4.69, 9.17) is 0 Å². The van der Waals surface area contributed by atoms with Crippen LogP contribution in [0.4, 0.5) is 8.78 Å². The van der Waals surface area contributed by atoms with Crippen LogP contribution in [0.5, 0.6) is 0 Å². The molecule has 2 nitrogen and oxygen atoms in total. The summed E-state index contributed by atoms with van der Waals surface area (Å²) in [6.07, 6.45) is 1.61. The van der Waals surface area contributed by atoms with Crippen LogP contribution in [0.15, 0.2) is 54.7 Å². The highest BCUT2D eigenvalue weighted by Gasteiger charge is 2.17. The van der Waals surface area contributed by atoms with Crippen LogP contribution in [-0.2, 0) is 0 Å². The maximum atomic E-state index is 13.6. The number of rotatable bonds is 2. The summed E-state index contributed by atoms with van der Waals surface area (Å²) in [4.78, 5) is 16.4. The van der Waals surface area contributed by atoms with Crippen molar-refractivity contribution in [3.05, 3.63) is 77.5 Å². The van der Waals surface area contributed by atoms with Crippen LogP contribution in [0.3, 0.4) is 0 Å². The quantitative estimate of drug-likeness (QED) is 0.663. The molecule has 98 valence electrons. The molecule has 0 N–H and O–H groups in total. The summed E-state index contributed by atoms with van der Waals surface area (Å²) in [6.45, 7) is 0. The predicted molar refractivity (Wildman–Crippen MR) is 71.5 cm³/mol. The van der Waals surface area contributed by atoms with Gasteiger partial charge >= 0.3 is 0 Å². The van der Waals surface area contributed by atoms with Crippen LogP contribution in [-0.4, -0.2) is 10.8 Å². The van der Waals surface area contributed by atoms with E-state index in [-0.39, 0.29) is 11.1 Å². The number of hydrogen-bond acceptors (Lipinski definition) is 2. The third-order valence-corrected chi connectivity index (χ3v) is 3.06. The van der Waals surface area contributed by atoms with E-state index < -0.39 is 17.4 Å². The van der Waals surface area contributed by atoms with Crippen molar-refractivity contribution >= 4 is 16.7 Å². The summed E-state index contributed by atoms with van der Waals surface area (Å²) in [6, 6.07) is 12.1. The van der Waals surface area contributed by atoms with Gasteiger partial charge in [0.25, 0.3) is 0 Å². The van der Waals surface area contributed by atoms with Gasteiger partial charge in [-0.05, 0) is 24.3 Å². The molecule has 1 heterocycles. The van der Waals surface area contributed by atoms with E-state index in [9.17, 15) is 13.6 Å². The molecule has 0 saturated carbocycles. The fraction of sp³-hybridized carbons (Fsp3) is 0. The fourth-order valence-corrected chi connectivity index (χ4v) is 2.04. The standard InChI is InChI=1S/C16H9F2NO/c17-13-5-1-4-12(15(13)18)16(20)11-7-6-10-3-2-8-19-14(10)9-11/h1-9H. The highest BCUT2D eigenvalue weighted by molar-refractivity contribution is 6.10. The van der Waals surface area contributed by atoms with Crippen LogP contribution in [0.1, 0.15) is 15.9 Å². The monoisotopic (exact) mass is 269 g/mol. The van der Waals surface area contributed by atoms with Crippen molar-refractivity contribution in [3.63, 3.8) is 0 Å². The zero-order chi connectivity index (χ0) is 14.1. The first-order valence-corrected chi connectivity index (χ1v) is 6.00. The molecular weight excluding hydrogens is 260 g/mol. The summed E-state index contributed by atoms with van der Waals surface area (Å²) in [5, 5.41) is 0.878. The highest BCUT2D eigenvalue weighted by Crippen LogP contribution is 2.19. The first-order chi connectivity index (χ1) is 9.66. The lowest BCUT2D eigenvalue weighted by atomic mass is 10.0. The molecule has 0 bridgehead atoms. The number of ketones is 1. The summed E-state index contributed by atoms with van der Waals surface area (Å²) in [5.74, 6) is -2.72. The number of carbonyl (C=O) groups excluding carboxylic acids is 1. The minimum absolute atomic E-state index is 0.278. The van der Waals surface area contributed by atoms with E-state index in [0.29, 0.717) is 5.52 Å². The Morgan fingerprint density at radius 3 is 2.70 bits per heavy atom. The Morgan fingerprint density at radius 1 is 1.00 bits per heavy atom. The lowest BCUT2D eigenvalue weighted by Gasteiger charge is -2.04. The second kappa shape index (κ2) is 4.81. The second-order valence-corrected chi connectivity index (χ2v) is 4.34. The van der Waals surface area contributed by atoms with Gasteiger partial charge in [-0.25, -0.2) is 8.78 Å². The molecule has 0 saturated heterocycles. The molecule has 20 heavy (non-hydrogen) atoms. The zero-order valence-corrected chi connectivity index (χ0v) is 10.3. The Kier molecular flexibility index (Phi) is 2.99. The van der Waals surface area contributed by atoms with Gasteiger partial charge in [-0.2, -0.15) is 0 Å². The van der Waals surface area contributed by atoms with Crippen LogP contribution >= 0.6 is 0 Å². The minimum atomic E-state index is -1.13. The van der Waals surface area contributed by atoms with E-state index in [0.717, 1.165) is 11.5 Å². The number of carbonyl (C=O) groups is 1. The minimum Gasteiger partial charge on any atom is -0.288 e. The normalized spacial score (nSPS) is 10.7. The molecule has 0 aliphatic heterocycles. The maximum Gasteiger partial charge on any atom is 0.196 e. The number of nitrogens with zero attached hydrogens (tertiary/aromatic N) is 1. The van der Waals surface area contributed by atoms with Gasteiger partial charge in [0.1, 0.15) is 0 Å². The summed E-state index contributed by atoms with van der Waals surface area (Å²) in [7, 11) is 0. The van der Waals surface area contributed by atoms with Crippen molar-refractivity contribution in [3.8, 4) is 0 Å². The average Bonchev–Trinajstić information content (AvgIpc) is 2.49. The maximum absolute atomic E-state index is 13.6. The van der Waals surface area contributed by atoms with Crippen molar-refractivity contribution in [2.24, 2.45) is 0 Å². The molecule has 0 unspecified atom stereocenters. The molecule has 0 aliphatic rings. The number of aromatic nitrogens is 1. The first kappa shape index (κ1) is 12.4. The molecule has 1 aromatic heterocycles. The summed E-state index contributed by atoms with van der Waals surface area (Å²) >= 11 is 0. The van der Waals surface area contributed by atoms with Gasteiger partial charge in [-0.15, -0.1) is 0 Å². The lowest BCUT2D eigenvalue weighted by Crippen LogP contribution is -2.05.